The molecule has 1 aliphatic rings. The fraction of sp³-hybridized carbons (Fsp3) is 0.667. The highest BCUT2D eigenvalue weighted by molar-refractivity contribution is 5.81. The van der Waals surface area contributed by atoms with Gasteiger partial charge in [0, 0.05) is 18.3 Å². The summed E-state index contributed by atoms with van der Waals surface area (Å²) < 4.78 is 0. The molecule has 27 heavy (non-hydrogen) atoms. The molecule has 1 aromatic carbocycles. The van der Waals surface area contributed by atoms with E-state index in [0.29, 0.717) is 12.2 Å². The summed E-state index contributed by atoms with van der Waals surface area (Å²) in [5, 5.41) is 0. The van der Waals surface area contributed by atoms with E-state index in [1.807, 2.05) is 0 Å². The number of fused-ring (bicyclic) bond motifs is 1. The first-order chi connectivity index (χ1) is 13.0. The van der Waals surface area contributed by atoms with Crippen molar-refractivity contribution in [2.24, 2.45) is 17.6 Å². The lowest BCUT2D eigenvalue weighted by Crippen LogP contribution is -2.28. The Labute approximate surface area is 165 Å². The van der Waals surface area contributed by atoms with Gasteiger partial charge in [-0.1, -0.05) is 57.7 Å². The Bertz CT molecular complexity index is 615. The van der Waals surface area contributed by atoms with Crippen LogP contribution in [0.5, 0.6) is 0 Å². The van der Waals surface area contributed by atoms with Crippen LogP contribution in [0.1, 0.15) is 88.3 Å². The summed E-state index contributed by atoms with van der Waals surface area (Å²) in [5.74, 6) is 0.561. The molecule has 1 unspecified atom stereocenters. The third-order valence-electron chi connectivity index (χ3n) is 6.06. The summed E-state index contributed by atoms with van der Waals surface area (Å²) in [5.41, 5.74) is 9.41. The van der Waals surface area contributed by atoms with Crippen molar-refractivity contribution in [3.8, 4) is 0 Å². The van der Waals surface area contributed by atoms with Gasteiger partial charge in [0.05, 0.1) is 0 Å². The Balaban J connectivity index is 1.84. The van der Waals surface area contributed by atoms with E-state index in [-0.39, 0.29) is 17.7 Å². The summed E-state index contributed by atoms with van der Waals surface area (Å²) in [4.78, 5) is 24.0. The van der Waals surface area contributed by atoms with Gasteiger partial charge >= 0.3 is 0 Å². The number of benzene rings is 1. The first kappa shape index (κ1) is 21.7. The maximum atomic E-state index is 12.6. The van der Waals surface area contributed by atoms with Gasteiger partial charge in [-0.3, -0.25) is 9.59 Å². The Morgan fingerprint density at radius 2 is 1.78 bits per heavy atom. The number of rotatable bonds is 12. The number of nitrogens with two attached hydrogens (primary N) is 1. The fourth-order valence-corrected chi connectivity index (χ4v) is 4.24. The molecule has 2 rings (SSSR count). The molecule has 0 saturated carbocycles. The first-order valence-electron chi connectivity index (χ1n) is 11.0. The molecular weight excluding hydrogens is 334 g/mol. The maximum Gasteiger partial charge on any atom is 0.220 e. The van der Waals surface area contributed by atoms with Crippen molar-refractivity contribution < 1.29 is 9.59 Å². The summed E-state index contributed by atoms with van der Waals surface area (Å²) in [6, 6.07) is 6.61. The summed E-state index contributed by atoms with van der Waals surface area (Å²) in [6.45, 7) is 4.40. The lowest BCUT2D eigenvalue weighted by atomic mass is 9.82. The van der Waals surface area contributed by atoms with Gasteiger partial charge < -0.3 is 5.73 Å². The standard InChI is InChI=1S/C24H37NO2/c1-3-5-9-19(10-6-4-2)23(26)11-7-8-18-12-13-21-17-22(24(25)27)15-14-20(21)16-18/h12-13,16,19,22H,3-11,14-15,17H2,1-2H3,(H2,25,27). The first-order valence-corrected chi connectivity index (χ1v) is 11.0. The van der Waals surface area contributed by atoms with E-state index in [4.69, 9.17) is 5.73 Å². The van der Waals surface area contributed by atoms with Crippen molar-refractivity contribution in [2.75, 3.05) is 0 Å². The molecule has 0 heterocycles. The van der Waals surface area contributed by atoms with Gasteiger partial charge in [0.1, 0.15) is 5.78 Å². The second-order valence-electron chi connectivity index (χ2n) is 8.25. The SMILES string of the molecule is CCCCC(CCCC)C(=O)CCCc1ccc2c(c1)CCC(C(N)=O)C2. The second kappa shape index (κ2) is 11.3. The summed E-state index contributed by atoms with van der Waals surface area (Å²) in [6.07, 6.45) is 12.0. The average molecular weight is 372 g/mol. The largest absolute Gasteiger partial charge is 0.369 e. The lowest BCUT2D eigenvalue weighted by Gasteiger charge is -2.22. The van der Waals surface area contributed by atoms with Crippen LogP contribution in [-0.4, -0.2) is 11.7 Å². The van der Waals surface area contributed by atoms with Crippen LogP contribution in [0.4, 0.5) is 0 Å². The summed E-state index contributed by atoms with van der Waals surface area (Å²) in [7, 11) is 0. The van der Waals surface area contributed by atoms with Crippen molar-refractivity contribution in [1.29, 1.82) is 0 Å². The van der Waals surface area contributed by atoms with Gasteiger partial charge in [-0.05, 0) is 61.6 Å². The Kier molecular flexibility index (Phi) is 9.03. The minimum atomic E-state index is -0.177. The van der Waals surface area contributed by atoms with Crippen molar-refractivity contribution in [1.82, 2.24) is 0 Å². The van der Waals surface area contributed by atoms with Gasteiger partial charge in [0.15, 0.2) is 0 Å². The molecular formula is C24H37NO2. The number of aryl methyl sites for hydroxylation is 2. The van der Waals surface area contributed by atoms with E-state index in [2.05, 4.69) is 32.0 Å². The number of carbonyl (C=O) groups is 2. The van der Waals surface area contributed by atoms with E-state index in [1.54, 1.807) is 0 Å². The monoisotopic (exact) mass is 371 g/mol. The van der Waals surface area contributed by atoms with Gasteiger partial charge in [-0.15, -0.1) is 0 Å². The highest BCUT2D eigenvalue weighted by Gasteiger charge is 2.23. The minimum Gasteiger partial charge on any atom is -0.369 e. The third kappa shape index (κ3) is 6.79. The van der Waals surface area contributed by atoms with E-state index in [9.17, 15) is 9.59 Å². The van der Waals surface area contributed by atoms with E-state index in [1.165, 1.54) is 29.5 Å². The lowest BCUT2D eigenvalue weighted by molar-refractivity contribution is -0.123. The van der Waals surface area contributed by atoms with E-state index >= 15 is 0 Å². The van der Waals surface area contributed by atoms with Crippen LogP contribution in [0, 0.1) is 11.8 Å². The molecule has 150 valence electrons. The second-order valence-corrected chi connectivity index (χ2v) is 8.25. The van der Waals surface area contributed by atoms with E-state index < -0.39 is 0 Å². The van der Waals surface area contributed by atoms with Gasteiger partial charge in [0.2, 0.25) is 5.91 Å². The molecule has 0 aromatic heterocycles. The van der Waals surface area contributed by atoms with E-state index in [0.717, 1.165) is 57.8 Å². The zero-order valence-electron chi connectivity index (χ0n) is 17.3. The molecule has 2 N–H and O–H groups in total. The third-order valence-corrected chi connectivity index (χ3v) is 6.06. The van der Waals surface area contributed by atoms with Crippen LogP contribution in [0.15, 0.2) is 18.2 Å². The molecule has 0 aliphatic heterocycles. The number of carbonyl (C=O) groups excluding carboxylic acids is 2. The van der Waals surface area contributed by atoms with Crippen LogP contribution in [-0.2, 0) is 28.9 Å². The molecule has 1 atom stereocenters. The molecule has 0 bridgehead atoms. The molecule has 0 fully saturated rings. The van der Waals surface area contributed by atoms with Crippen LogP contribution in [0.25, 0.3) is 0 Å². The number of primary amides is 1. The molecule has 1 aliphatic carbocycles. The molecule has 1 amide bonds. The average Bonchev–Trinajstić information content (AvgIpc) is 2.67. The smallest absolute Gasteiger partial charge is 0.220 e. The maximum absolute atomic E-state index is 12.6. The molecule has 3 nitrogen and oxygen atoms in total. The topological polar surface area (TPSA) is 60.2 Å². The van der Waals surface area contributed by atoms with Crippen molar-refractivity contribution in [3.05, 3.63) is 34.9 Å². The molecule has 0 radical (unpaired) electrons. The molecule has 0 saturated heterocycles. The van der Waals surface area contributed by atoms with Crippen molar-refractivity contribution >= 4 is 11.7 Å². The van der Waals surface area contributed by atoms with Gasteiger partial charge in [-0.2, -0.15) is 0 Å². The van der Waals surface area contributed by atoms with Crippen LogP contribution in [0.3, 0.4) is 0 Å². The van der Waals surface area contributed by atoms with Crippen LogP contribution < -0.4 is 5.73 Å². The summed E-state index contributed by atoms with van der Waals surface area (Å²) >= 11 is 0. The number of amides is 1. The molecule has 1 aromatic rings. The highest BCUT2D eigenvalue weighted by atomic mass is 16.1. The van der Waals surface area contributed by atoms with Crippen LogP contribution in [0.2, 0.25) is 0 Å². The predicted molar refractivity (Wildman–Crippen MR) is 112 cm³/mol. The van der Waals surface area contributed by atoms with Crippen LogP contribution >= 0.6 is 0 Å². The predicted octanol–water partition coefficient (Wildman–Crippen LogP) is 5.17. The quantitative estimate of drug-likeness (QED) is 0.551. The fourth-order valence-electron chi connectivity index (χ4n) is 4.24. The normalized spacial score (nSPS) is 16.3. The number of hydrogen-bond donors (Lipinski definition) is 1. The van der Waals surface area contributed by atoms with Crippen molar-refractivity contribution in [2.45, 2.75) is 90.9 Å². The highest BCUT2D eigenvalue weighted by Crippen LogP contribution is 2.27. The van der Waals surface area contributed by atoms with Gasteiger partial charge in [-0.25, -0.2) is 0 Å². The Morgan fingerprint density at radius 1 is 1.07 bits per heavy atom. The molecule has 0 spiro atoms. The zero-order valence-corrected chi connectivity index (χ0v) is 17.3. The Hall–Kier alpha value is -1.64. The number of Topliss-reactive ketones (excluding diaryl/α,β-unsaturated/α-hetero) is 1. The van der Waals surface area contributed by atoms with Crippen molar-refractivity contribution in [3.63, 3.8) is 0 Å². The van der Waals surface area contributed by atoms with Gasteiger partial charge in [0.25, 0.3) is 0 Å². The number of hydrogen-bond acceptors (Lipinski definition) is 2. The Morgan fingerprint density at radius 3 is 2.41 bits per heavy atom. The minimum absolute atomic E-state index is 0.0100. The number of unbranched alkanes of at least 4 members (excludes halogenated alkanes) is 2. The zero-order chi connectivity index (χ0) is 19.6. The number of ketones is 1. The molecule has 3 heteroatoms.